The highest BCUT2D eigenvalue weighted by molar-refractivity contribution is 5.90. The third kappa shape index (κ3) is 8.91. The number of ether oxygens (including phenoxy) is 4. The Morgan fingerprint density at radius 3 is 2.57 bits per heavy atom. The van der Waals surface area contributed by atoms with E-state index in [1.165, 1.54) is 12.1 Å². The van der Waals surface area contributed by atoms with Crippen molar-refractivity contribution in [1.29, 1.82) is 0 Å². The van der Waals surface area contributed by atoms with Crippen molar-refractivity contribution in [3.8, 4) is 23.0 Å². The third-order valence-corrected chi connectivity index (χ3v) is 6.79. The van der Waals surface area contributed by atoms with E-state index in [2.05, 4.69) is 34.4 Å². The van der Waals surface area contributed by atoms with Gasteiger partial charge in [-0.25, -0.2) is 9.18 Å². The predicted molar refractivity (Wildman–Crippen MR) is 159 cm³/mol. The SMILES string of the molecule is COc1cc2nccc(Oc3ccc(NC(=O)NCCC(C)(C)O)cc3F)c2cc1OCCCN1CC(C)OC(C)C1. The number of anilines is 1. The monoisotopic (exact) mass is 584 g/mol. The second-order valence-electron chi connectivity index (χ2n) is 11.2. The standard InChI is InChI=1S/C31H41FN4O6/c1-20-18-36(19-21(2)41-20)13-6-14-40-29-16-23-25(17-28(29)39-5)33-11-9-26(23)42-27-8-7-22(15-24(27)32)35-30(37)34-12-10-31(3,4)38/h7-9,11,15-17,20-21,38H,6,10,12-14,18-19H2,1-5H3,(H2,34,35,37). The van der Waals surface area contributed by atoms with Crippen molar-refractivity contribution < 1.29 is 33.2 Å². The van der Waals surface area contributed by atoms with Crippen molar-refractivity contribution in [3.05, 3.63) is 48.4 Å². The van der Waals surface area contributed by atoms with Gasteiger partial charge in [-0.3, -0.25) is 9.88 Å². The number of aromatic nitrogens is 1. The van der Waals surface area contributed by atoms with Gasteiger partial charge < -0.3 is 34.7 Å². The van der Waals surface area contributed by atoms with Crippen molar-refractivity contribution in [1.82, 2.24) is 15.2 Å². The molecule has 228 valence electrons. The summed E-state index contributed by atoms with van der Waals surface area (Å²) < 4.78 is 38.4. The molecular formula is C31H41FN4O6. The number of carbonyl (C=O) groups is 1. The van der Waals surface area contributed by atoms with Gasteiger partial charge in [0.05, 0.1) is 37.0 Å². The zero-order chi connectivity index (χ0) is 30.3. The molecule has 1 aliphatic heterocycles. The van der Waals surface area contributed by atoms with Gasteiger partial charge in [-0.15, -0.1) is 0 Å². The van der Waals surface area contributed by atoms with E-state index >= 15 is 0 Å². The van der Waals surface area contributed by atoms with E-state index in [9.17, 15) is 14.3 Å². The number of hydrogen-bond acceptors (Lipinski definition) is 8. The Hall–Kier alpha value is -3.67. The van der Waals surface area contributed by atoms with Crippen LogP contribution in [0, 0.1) is 5.82 Å². The molecule has 0 aliphatic carbocycles. The molecule has 2 unspecified atom stereocenters. The Morgan fingerprint density at radius 1 is 1.12 bits per heavy atom. The van der Waals surface area contributed by atoms with E-state index in [1.807, 2.05) is 0 Å². The smallest absolute Gasteiger partial charge is 0.319 e. The number of hydrogen-bond donors (Lipinski definition) is 3. The average Bonchev–Trinajstić information content (AvgIpc) is 2.91. The summed E-state index contributed by atoms with van der Waals surface area (Å²) in [6.07, 6.45) is 3.22. The number of amides is 2. The number of morpholine rings is 1. The van der Waals surface area contributed by atoms with E-state index in [4.69, 9.17) is 18.9 Å². The Kier molecular flexibility index (Phi) is 10.4. The Labute approximate surface area is 246 Å². The summed E-state index contributed by atoms with van der Waals surface area (Å²) in [5.41, 5.74) is -0.0231. The van der Waals surface area contributed by atoms with Crippen LogP contribution in [0.3, 0.4) is 0 Å². The van der Waals surface area contributed by atoms with Crippen molar-refractivity contribution in [3.63, 3.8) is 0 Å². The van der Waals surface area contributed by atoms with Crippen molar-refractivity contribution >= 4 is 22.6 Å². The summed E-state index contributed by atoms with van der Waals surface area (Å²) in [5.74, 6) is 0.826. The molecule has 0 radical (unpaired) electrons. The molecule has 2 amide bonds. The third-order valence-electron chi connectivity index (χ3n) is 6.79. The van der Waals surface area contributed by atoms with Gasteiger partial charge >= 0.3 is 6.03 Å². The van der Waals surface area contributed by atoms with E-state index < -0.39 is 17.4 Å². The predicted octanol–water partition coefficient (Wildman–Crippen LogP) is 5.34. The molecule has 11 heteroatoms. The Bertz CT molecular complexity index is 1360. The normalized spacial score (nSPS) is 17.6. The lowest BCUT2D eigenvalue weighted by Crippen LogP contribution is -2.45. The maximum atomic E-state index is 15.0. The summed E-state index contributed by atoms with van der Waals surface area (Å²) in [6.45, 7) is 11.0. The van der Waals surface area contributed by atoms with Crippen LogP contribution in [-0.4, -0.2) is 78.7 Å². The minimum Gasteiger partial charge on any atom is -0.493 e. The molecule has 3 N–H and O–H groups in total. The van der Waals surface area contributed by atoms with Crippen molar-refractivity contribution in [2.45, 2.75) is 58.3 Å². The minimum atomic E-state index is -0.894. The first kappa shape index (κ1) is 31.3. The van der Waals surface area contributed by atoms with Crippen LogP contribution in [0.4, 0.5) is 14.9 Å². The van der Waals surface area contributed by atoms with E-state index in [0.717, 1.165) is 26.1 Å². The van der Waals surface area contributed by atoms with Crippen LogP contribution in [0.25, 0.3) is 10.9 Å². The molecule has 0 bridgehead atoms. The largest absolute Gasteiger partial charge is 0.493 e. The molecule has 1 aliphatic rings. The number of nitrogens with one attached hydrogen (secondary N) is 2. The minimum absolute atomic E-state index is 0.0113. The van der Waals surface area contributed by atoms with Crippen LogP contribution < -0.4 is 24.8 Å². The lowest BCUT2D eigenvalue weighted by molar-refractivity contribution is -0.0686. The zero-order valence-corrected chi connectivity index (χ0v) is 24.9. The van der Waals surface area contributed by atoms with E-state index in [1.54, 1.807) is 51.4 Å². The van der Waals surface area contributed by atoms with Crippen molar-refractivity contribution in [2.75, 3.05) is 45.2 Å². The lowest BCUT2D eigenvalue weighted by Gasteiger charge is -2.35. The summed E-state index contributed by atoms with van der Waals surface area (Å²) in [7, 11) is 1.57. The first-order valence-corrected chi connectivity index (χ1v) is 14.2. The molecule has 3 aromatic rings. The van der Waals surface area contributed by atoms with Crippen molar-refractivity contribution in [2.24, 2.45) is 0 Å². The van der Waals surface area contributed by atoms with E-state index in [-0.39, 0.29) is 30.2 Å². The van der Waals surface area contributed by atoms with Gasteiger partial charge in [-0.1, -0.05) is 0 Å². The van der Waals surface area contributed by atoms with Gasteiger partial charge in [0, 0.05) is 55.6 Å². The molecule has 1 fully saturated rings. The average molecular weight is 585 g/mol. The molecule has 2 aromatic carbocycles. The fraction of sp³-hybridized carbons (Fsp3) is 0.484. The number of carbonyl (C=O) groups excluding carboxylic acids is 1. The molecule has 42 heavy (non-hydrogen) atoms. The highest BCUT2D eigenvalue weighted by atomic mass is 19.1. The first-order valence-electron chi connectivity index (χ1n) is 14.2. The van der Waals surface area contributed by atoms with Crippen LogP contribution in [0.5, 0.6) is 23.0 Å². The van der Waals surface area contributed by atoms with Crippen LogP contribution in [-0.2, 0) is 4.74 Å². The maximum absolute atomic E-state index is 15.0. The van der Waals surface area contributed by atoms with Gasteiger partial charge in [0.2, 0.25) is 0 Å². The number of nitrogens with zero attached hydrogens (tertiary/aromatic N) is 2. The molecule has 4 rings (SSSR count). The summed E-state index contributed by atoms with van der Waals surface area (Å²) >= 11 is 0. The van der Waals surface area contributed by atoms with Gasteiger partial charge in [0.25, 0.3) is 0 Å². The lowest BCUT2D eigenvalue weighted by atomic mass is 10.1. The van der Waals surface area contributed by atoms with Crippen LogP contribution in [0.2, 0.25) is 0 Å². The number of rotatable bonds is 12. The van der Waals surface area contributed by atoms with Gasteiger partial charge in [-0.05, 0) is 64.8 Å². The Morgan fingerprint density at radius 2 is 1.88 bits per heavy atom. The molecule has 2 heterocycles. The quantitative estimate of drug-likeness (QED) is 0.245. The van der Waals surface area contributed by atoms with Gasteiger partial charge in [0.1, 0.15) is 5.75 Å². The maximum Gasteiger partial charge on any atom is 0.319 e. The molecule has 1 saturated heterocycles. The molecule has 10 nitrogen and oxygen atoms in total. The number of fused-ring (bicyclic) bond motifs is 1. The van der Waals surface area contributed by atoms with Crippen LogP contribution in [0.15, 0.2) is 42.6 Å². The molecule has 0 spiro atoms. The topological polar surface area (TPSA) is 114 Å². The number of methoxy groups -OCH3 is 1. The second kappa shape index (κ2) is 14.0. The number of halogens is 1. The van der Waals surface area contributed by atoms with Crippen LogP contribution in [0.1, 0.15) is 40.5 Å². The molecule has 0 saturated carbocycles. The zero-order valence-electron chi connectivity index (χ0n) is 24.9. The first-order chi connectivity index (χ1) is 20.0. The van der Waals surface area contributed by atoms with Gasteiger partial charge in [0.15, 0.2) is 23.1 Å². The summed E-state index contributed by atoms with van der Waals surface area (Å²) in [5, 5.41) is 15.6. The summed E-state index contributed by atoms with van der Waals surface area (Å²) in [6, 6.07) is 8.89. The number of benzene rings is 2. The number of urea groups is 1. The van der Waals surface area contributed by atoms with Crippen LogP contribution >= 0.6 is 0 Å². The molecular weight excluding hydrogens is 543 g/mol. The fourth-order valence-electron chi connectivity index (χ4n) is 4.86. The highest BCUT2D eigenvalue weighted by Crippen LogP contribution is 2.38. The fourth-order valence-corrected chi connectivity index (χ4v) is 4.86. The number of pyridine rings is 1. The number of aliphatic hydroxyl groups is 1. The van der Waals surface area contributed by atoms with Gasteiger partial charge in [-0.2, -0.15) is 0 Å². The second-order valence-corrected chi connectivity index (χ2v) is 11.2. The Balaban J connectivity index is 1.41. The molecule has 2 atom stereocenters. The molecule has 1 aromatic heterocycles. The summed E-state index contributed by atoms with van der Waals surface area (Å²) in [4.78, 5) is 18.9. The highest BCUT2D eigenvalue weighted by Gasteiger charge is 2.22. The van der Waals surface area contributed by atoms with E-state index in [0.29, 0.717) is 41.2 Å².